The Morgan fingerprint density at radius 2 is 0.677 bits per heavy atom. The van der Waals surface area contributed by atoms with Crippen LogP contribution < -0.4 is 0 Å². The van der Waals surface area contributed by atoms with Gasteiger partial charge in [0.05, 0.1) is 19.6 Å². The van der Waals surface area contributed by atoms with Crippen molar-refractivity contribution in [2.24, 2.45) is 0 Å². The zero-order valence-corrected chi connectivity index (χ0v) is 18.7. The SMILES string of the molecule is O=S(=O)(c1ccccc1)c1ccc(Sc2ccc(S(=O)(=O)c3ccccc3)cc2)cc1. The molecular weight excluding hydrogens is 448 g/mol. The van der Waals surface area contributed by atoms with Gasteiger partial charge in [-0.1, -0.05) is 48.2 Å². The van der Waals surface area contributed by atoms with Gasteiger partial charge in [-0.2, -0.15) is 0 Å². The van der Waals surface area contributed by atoms with E-state index in [1.54, 1.807) is 109 Å². The Bertz CT molecular complexity index is 1270. The van der Waals surface area contributed by atoms with Crippen LogP contribution >= 0.6 is 11.8 Å². The summed E-state index contributed by atoms with van der Waals surface area (Å²) >= 11 is 1.43. The van der Waals surface area contributed by atoms with Crippen LogP contribution in [0.15, 0.2) is 139 Å². The van der Waals surface area contributed by atoms with Crippen molar-refractivity contribution in [1.82, 2.24) is 0 Å². The van der Waals surface area contributed by atoms with Crippen molar-refractivity contribution in [2.75, 3.05) is 0 Å². The molecule has 4 rings (SSSR count). The van der Waals surface area contributed by atoms with Crippen LogP contribution in [0, 0.1) is 0 Å². The normalized spacial score (nSPS) is 11.9. The molecule has 4 aromatic carbocycles. The quantitative estimate of drug-likeness (QED) is 0.375. The minimum atomic E-state index is -3.55. The smallest absolute Gasteiger partial charge is 0.206 e. The summed E-state index contributed by atoms with van der Waals surface area (Å²) in [6.07, 6.45) is 0. The third-order valence-electron chi connectivity index (χ3n) is 4.61. The van der Waals surface area contributed by atoms with E-state index in [-0.39, 0.29) is 19.6 Å². The maximum Gasteiger partial charge on any atom is 0.206 e. The zero-order valence-electron chi connectivity index (χ0n) is 16.3. The molecule has 31 heavy (non-hydrogen) atoms. The molecule has 0 bridgehead atoms. The Morgan fingerprint density at radius 1 is 0.387 bits per heavy atom. The van der Waals surface area contributed by atoms with E-state index >= 15 is 0 Å². The summed E-state index contributed by atoms with van der Waals surface area (Å²) in [5.74, 6) is 0. The third kappa shape index (κ3) is 4.58. The lowest BCUT2D eigenvalue weighted by atomic mass is 10.4. The Morgan fingerprint density at radius 3 is 1.00 bits per heavy atom. The molecule has 156 valence electrons. The predicted octanol–water partition coefficient (Wildman–Crippen LogP) is 5.50. The Hall–Kier alpha value is -2.87. The topological polar surface area (TPSA) is 68.3 Å². The second kappa shape index (κ2) is 8.70. The van der Waals surface area contributed by atoms with Gasteiger partial charge in [0.2, 0.25) is 19.7 Å². The molecule has 0 spiro atoms. The van der Waals surface area contributed by atoms with Crippen molar-refractivity contribution < 1.29 is 16.8 Å². The minimum Gasteiger partial charge on any atom is -0.219 e. The van der Waals surface area contributed by atoms with Crippen molar-refractivity contribution in [1.29, 1.82) is 0 Å². The van der Waals surface area contributed by atoms with Gasteiger partial charge >= 0.3 is 0 Å². The van der Waals surface area contributed by atoms with Gasteiger partial charge in [-0.05, 0) is 72.8 Å². The number of benzene rings is 4. The van der Waals surface area contributed by atoms with E-state index in [0.717, 1.165) is 9.79 Å². The predicted molar refractivity (Wildman–Crippen MR) is 121 cm³/mol. The van der Waals surface area contributed by atoms with Gasteiger partial charge in [0.25, 0.3) is 0 Å². The molecule has 7 heteroatoms. The maximum atomic E-state index is 12.7. The Kier molecular flexibility index (Phi) is 6.00. The molecule has 4 nitrogen and oxygen atoms in total. The lowest BCUT2D eigenvalue weighted by Gasteiger charge is -2.08. The largest absolute Gasteiger partial charge is 0.219 e. The van der Waals surface area contributed by atoms with E-state index < -0.39 is 19.7 Å². The van der Waals surface area contributed by atoms with Gasteiger partial charge < -0.3 is 0 Å². The zero-order chi connectivity index (χ0) is 21.9. The Balaban J connectivity index is 1.52. The number of hydrogen-bond acceptors (Lipinski definition) is 5. The lowest BCUT2D eigenvalue weighted by Crippen LogP contribution is -2.01. The summed E-state index contributed by atoms with van der Waals surface area (Å²) in [7, 11) is -7.11. The van der Waals surface area contributed by atoms with Crippen LogP contribution in [0.3, 0.4) is 0 Å². The van der Waals surface area contributed by atoms with Crippen LogP contribution in [0.1, 0.15) is 0 Å². The minimum absolute atomic E-state index is 0.229. The highest BCUT2D eigenvalue weighted by Crippen LogP contribution is 2.31. The summed E-state index contributed by atoms with van der Waals surface area (Å²) < 4.78 is 50.8. The van der Waals surface area contributed by atoms with E-state index in [2.05, 4.69) is 0 Å². The fourth-order valence-electron chi connectivity index (χ4n) is 2.98. The summed E-state index contributed by atoms with van der Waals surface area (Å²) in [5, 5.41) is 0. The lowest BCUT2D eigenvalue weighted by molar-refractivity contribution is 0.594. The monoisotopic (exact) mass is 466 g/mol. The van der Waals surface area contributed by atoms with E-state index in [1.807, 2.05) is 0 Å². The van der Waals surface area contributed by atoms with E-state index in [9.17, 15) is 16.8 Å². The van der Waals surface area contributed by atoms with Crippen LogP contribution in [0.5, 0.6) is 0 Å². The highest BCUT2D eigenvalue weighted by atomic mass is 32.2. The van der Waals surface area contributed by atoms with Crippen LogP contribution in [0.4, 0.5) is 0 Å². The average Bonchev–Trinajstić information content (AvgIpc) is 2.81. The Labute approximate surface area is 186 Å². The van der Waals surface area contributed by atoms with E-state index in [0.29, 0.717) is 0 Å². The molecule has 0 heterocycles. The summed E-state index contributed by atoms with van der Waals surface area (Å²) in [4.78, 5) is 2.67. The molecule has 0 N–H and O–H groups in total. The van der Waals surface area contributed by atoms with Crippen molar-refractivity contribution in [3.63, 3.8) is 0 Å². The van der Waals surface area contributed by atoms with Crippen molar-refractivity contribution in [2.45, 2.75) is 29.4 Å². The first kappa shape index (κ1) is 21.4. The van der Waals surface area contributed by atoms with E-state index in [4.69, 9.17) is 0 Å². The molecule has 0 aliphatic heterocycles. The number of sulfone groups is 2. The molecule has 0 fully saturated rings. The molecule has 0 atom stereocenters. The first-order valence-corrected chi connectivity index (χ1v) is 13.1. The van der Waals surface area contributed by atoms with Crippen molar-refractivity contribution in [3.05, 3.63) is 109 Å². The van der Waals surface area contributed by atoms with Crippen LogP contribution in [0.25, 0.3) is 0 Å². The molecule has 0 saturated heterocycles. The molecule has 0 radical (unpaired) electrons. The molecule has 0 amide bonds. The van der Waals surface area contributed by atoms with Crippen LogP contribution in [-0.2, 0) is 19.7 Å². The summed E-state index contributed by atoms with van der Waals surface area (Å²) in [6.45, 7) is 0. The second-order valence-corrected chi connectivity index (χ2v) is 11.7. The van der Waals surface area contributed by atoms with Gasteiger partial charge in [-0.3, -0.25) is 0 Å². The average molecular weight is 467 g/mol. The first-order valence-electron chi connectivity index (χ1n) is 9.36. The highest BCUT2D eigenvalue weighted by molar-refractivity contribution is 7.99. The molecule has 0 aliphatic carbocycles. The van der Waals surface area contributed by atoms with Crippen LogP contribution in [-0.4, -0.2) is 16.8 Å². The van der Waals surface area contributed by atoms with Crippen molar-refractivity contribution in [3.8, 4) is 0 Å². The fourth-order valence-corrected chi connectivity index (χ4v) is 6.36. The molecular formula is C24H18O4S3. The van der Waals surface area contributed by atoms with Gasteiger partial charge in [0, 0.05) is 9.79 Å². The standard InChI is InChI=1S/C24H18O4S3/c25-30(26,21-7-3-1-4-8-21)23-15-11-19(12-16-23)29-20-13-17-24(18-14-20)31(27,28)22-9-5-2-6-10-22/h1-18H. The second-order valence-electron chi connectivity index (χ2n) is 6.68. The van der Waals surface area contributed by atoms with E-state index in [1.165, 1.54) is 11.8 Å². The van der Waals surface area contributed by atoms with Gasteiger partial charge in [-0.25, -0.2) is 16.8 Å². The summed E-state index contributed by atoms with van der Waals surface area (Å²) in [6, 6.07) is 29.9. The summed E-state index contributed by atoms with van der Waals surface area (Å²) in [5.41, 5.74) is 0. The van der Waals surface area contributed by atoms with Crippen LogP contribution in [0.2, 0.25) is 0 Å². The molecule has 0 aliphatic rings. The van der Waals surface area contributed by atoms with Crippen molar-refractivity contribution >= 4 is 31.4 Å². The molecule has 4 aromatic rings. The van der Waals surface area contributed by atoms with Gasteiger partial charge in [-0.15, -0.1) is 0 Å². The number of hydrogen-bond donors (Lipinski definition) is 0. The molecule has 0 saturated carbocycles. The fraction of sp³-hybridized carbons (Fsp3) is 0. The molecule has 0 unspecified atom stereocenters. The maximum absolute atomic E-state index is 12.7. The van der Waals surface area contributed by atoms with Gasteiger partial charge in [0.15, 0.2) is 0 Å². The third-order valence-corrected chi connectivity index (χ3v) is 9.20. The molecule has 0 aromatic heterocycles. The first-order chi connectivity index (χ1) is 14.9. The van der Waals surface area contributed by atoms with Gasteiger partial charge in [0.1, 0.15) is 0 Å². The highest BCUT2D eigenvalue weighted by Gasteiger charge is 2.18. The number of rotatable bonds is 6.